The summed E-state index contributed by atoms with van der Waals surface area (Å²) in [5.41, 5.74) is -0.628. The van der Waals surface area contributed by atoms with Gasteiger partial charge in [-0.1, -0.05) is 11.6 Å². The second kappa shape index (κ2) is 5.23. The highest BCUT2D eigenvalue weighted by molar-refractivity contribution is 6.29. The minimum atomic E-state index is -0.725. The Labute approximate surface area is 101 Å². The van der Waals surface area contributed by atoms with E-state index in [9.17, 15) is 14.9 Å². The molecule has 0 unspecified atom stereocenters. The average molecular weight is 255 g/mol. The first kappa shape index (κ1) is 12.9. The highest BCUT2D eigenvalue weighted by Gasteiger charge is 2.23. The molecule has 0 bridgehead atoms. The number of nitro groups is 1. The zero-order valence-corrected chi connectivity index (χ0v) is 9.51. The number of rotatable bonds is 3. The molecule has 7 nitrogen and oxygen atoms in total. The summed E-state index contributed by atoms with van der Waals surface area (Å²) in [5.74, 6) is -0.650. The SMILES string of the molecule is CN(CC#N)C(=O)c1cc(Cl)ncc1[N+](=O)[O-]. The Bertz CT molecular complexity index is 511. The lowest BCUT2D eigenvalue weighted by Crippen LogP contribution is -2.27. The Kier molecular flexibility index (Phi) is 3.96. The molecule has 0 saturated heterocycles. The molecule has 0 atom stereocenters. The van der Waals surface area contributed by atoms with Crippen molar-refractivity contribution >= 4 is 23.2 Å². The van der Waals surface area contributed by atoms with Gasteiger partial charge in [0.15, 0.2) is 0 Å². The van der Waals surface area contributed by atoms with Gasteiger partial charge in [0.25, 0.3) is 11.6 Å². The zero-order chi connectivity index (χ0) is 13.0. The van der Waals surface area contributed by atoms with Crippen LogP contribution in [0.4, 0.5) is 5.69 Å². The number of nitrogens with zero attached hydrogens (tertiary/aromatic N) is 4. The van der Waals surface area contributed by atoms with E-state index in [1.165, 1.54) is 7.05 Å². The second-order valence-corrected chi connectivity index (χ2v) is 3.49. The summed E-state index contributed by atoms with van der Waals surface area (Å²) in [6.45, 7) is -0.171. The van der Waals surface area contributed by atoms with E-state index in [4.69, 9.17) is 16.9 Å². The predicted molar refractivity (Wildman–Crippen MR) is 58.5 cm³/mol. The Morgan fingerprint density at radius 2 is 2.41 bits per heavy atom. The van der Waals surface area contributed by atoms with E-state index < -0.39 is 16.5 Å². The monoisotopic (exact) mass is 254 g/mol. The summed E-state index contributed by atoms with van der Waals surface area (Å²) in [5, 5.41) is 19.1. The number of hydrogen-bond acceptors (Lipinski definition) is 5. The molecule has 0 N–H and O–H groups in total. The van der Waals surface area contributed by atoms with E-state index in [2.05, 4.69) is 4.98 Å². The van der Waals surface area contributed by atoms with Crippen LogP contribution in [-0.2, 0) is 0 Å². The summed E-state index contributed by atoms with van der Waals surface area (Å²) in [6, 6.07) is 2.88. The van der Waals surface area contributed by atoms with Crippen LogP contribution in [0.2, 0.25) is 5.15 Å². The number of carbonyl (C=O) groups is 1. The van der Waals surface area contributed by atoms with Crippen molar-refractivity contribution < 1.29 is 9.72 Å². The number of pyridine rings is 1. The molecule has 1 amide bonds. The number of nitriles is 1. The Hall–Kier alpha value is -2.20. The smallest absolute Gasteiger partial charge is 0.300 e. The number of halogens is 1. The van der Waals surface area contributed by atoms with Crippen LogP contribution in [0.3, 0.4) is 0 Å². The molecule has 0 aromatic carbocycles. The van der Waals surface area contributed by atoms with Gasteiger partial charge in [0.2, 0.25) is 0 Å². The maximum atomic E-state index is 11.8. The van der Waals surface area contributed by atoms with Crippen LogP contribution in [0.1, 0.15) is 10.4 Å². The molecule has 17 heavy (non-hydrogen) atoms. The van der Waals surface area contributed by atoms with Crippen molar-refractivity contribution in [2.45, 2.75) is 0 Å². The van der Waals surface area contributed by atoms with Gasteiger partial charge in [0.05, 0.1) is 11.0 Å². The van der Waals surface area contributed by atoms with Crippen molar-refractivity contribution in [3.05, 3.63) is 33.1 Å². The van der Waals surface area contributed by atoms with Crippen molar-refractivity contribution in [2.24, 2.45) is 0 Å². The quantitative estimate of drug-likeness (QED) is 0.350. The molecule has 0 radical (unpaired) electrons. The van der Waals surface area contributed by atoms with E-state index in [1.54, 1.807) is 6.07 Å². The minimum absolute atomic E-state index is 0.0238. The molecule has 1 aromatic rings. The molecule has 1 rings (SSSR count). The first-order valence-corrected chi connectivity index (χ1v) is 4.77. The fourth-order valence-electron chi connectivity index (χ4n) is 1.12. The van der Waals surface area contributed by atoms with E-state index in [1.807, 2.05) is 0 Å². The van der Waals surface area contributed by atoms with Crippen molar-refractivity contribution in [1.82, 2.24) is 9.88 Å². The van der Waals surface area contributed by atoms with Crippen LogP contribution in [0, 0.1) is 21.4 Å². The molecule has 0 aliphatic rings. The van der Waals surface area contributed by atoms with Gasteiger partial charge in [-0.25, -0.2) is 4.98 Å². The number of amides is 1. The lowest BCUT2D eigenvalue weighted by molar-refractivity contribution is -0.385. The number of carbonyl (C=O) groups excluding carboxylic acids is 1. The van der Waals surface area contributed by atoms with Crippen molar-refractivity contribution in [3.8, 4) is 6.07 Å². The normalized spacial score (nSPS) is 9.47. The molecule has 0 saturated carbocycles. The third kappa shape index (κ3) is 2.89. The van der Waals surface area contributed by atoms with Gasteiger partial charge in [-0.2, -0.15) is 5.26 Å². The van der Waals surface area contributed by atoms with Crippen LogP contribution in [0.25, 0.3) is 0 Å². The van der Waals surface area contributed by atoms with E-state index in [0.717, 1.165) is 17.2 Å². The summed E-state index contributed by atoms with van der Waals surface area (Å²) in [4.78, 5) is 26.4. The molecule has 1 aromatic heterocycles. The van der Waals surface area contributed by atoms with Crippen molar-refractivity contribution in [3.63, 3.8) is 0 Å². The molecule has 0 aliphatic carbocycles. The standard InChI is InChI=1S/C9H7ClN4O3/c1-13(3-2-11)9(15)6-4-8(10)12-5-7(6)14(16)17/h4-5H,3H2,1H3. The summed E-state index contributed by atoms with van der Waals surface area (Å²) in [6.07, 6.45) is 0.912. The highest BCUT2D eigenvalue weighted by Crippen LogP contribution is 2.21. The Balaban J connectivity index is 3.20. The summed E-state index contributed by atoms with van der Waals surface area (Å²) < 4.78 is 0. The van der Waals surface area contributed by atoms with E-state index >= 15 is 0 Å². The van der Waals surface area contributed by atoms with Gasteiger partial charge in [-0.15, -0.1) is 0 Å². The number of aromatic nitrogens is 1. The second-order valence-electron chi connectivity index (χ2n) is 3.10. The van der Waals surface area contributed by atoms with Gasteiger partial charge in [0.1, 0.15) is 23.5 Å². The third-order valence-electron chi connectivity index (χ3n) is 1.93. The Morgan fingerprint density at radius 1 is 1.76 bits per heavy atom. The summed E-state index contributed by atoms with van der Waals surface area (Å²) >= 11 is 5.58. The molecule has 0 spiro atoms. The topological polar surface area (TPSA) is 100 Å². The van der Waals surface area contributed by atoms with E-state index in [-0.39, 0.29) is 17.3 Å². The maximum Gasteiger partial charge on any atom is 0.300 e. The molecule has 1 heterocycles. The Morgan fingerprint density at radius 3 is 2.94 bits per heavy atom. The molecule has 0 fully saturated rings. The fourth-order valence-corrected chi connectivity index (χ4v) is 1.28. The lowest BCUT2D eigenvalue weighted by atomic mass is 10.2. The van der Waals surface area contributed by atoms with Crippen LogP contribution >= 0.6 is 11.6 Å². The first-order valence-electron chi connectivity index (χ1n) is 4.39. The van der Waals surface area contributed by atoms with Gasteiger partial charge >= 0.3 is 0 Å². The molecular formula is C9H7ClN4O3. The van der Waals surface area contributed by atoms with Gasteiger partial charge in [-0.05, 0) is 6.07 Å². The van der Waals surface area contributed by atoms with Gasteiger partial charge in [0, 0.05) is 7.05 Å². The van der Waals surface area contributed by atoms with Crippen LogP contribution < -0.4 is 0 Å². The molecule has 0 aliphatic heterocycles. The predicted octanol–water partition coefficient (Wildman–Crippen LogP) is 1.24. The lowest BCUT2D eigenvalue weighted by Gasteiger charge is -2.12. The van der Waals surface area contributed by atoms with Crippen molar-refractivity contribution in [1.29, 1.82) is 5.26 Å². The molecule has 8 heteroatoms. The van der Waals surface area contributed by atoms with Crippen molar-refractivity contribution in [2.75, 3.05) is 13.6 Å². The van der Waals surface area contributed by atoms with Gasteiger partial charge < -0.3 is 4.90 Å². The van der Waals surface area contributed by atoms with Gasteiger partial charge in [-0.3, -0.25) is 14.9 Å². The highest BCUT2D eigenvalue weighted by atomic mass is 35.5. The van der Waals surface area contributed by atoms with Crippen LogP contribution in [0.5, 0.6) is 0 Å². The molecular weight excluding hydrogens is 248 g/mol. The average Bonchev–Trinajstić information content (AvgIpc) is 2.27. The minimum Gasteiger partial charge on any atom is -0.328 e. The largest absolute Gasteiger partial charge is 0.328 e. The zero-order valence-electron chi connectivity index (χ0n) is 8.75. The first-order chi connectivity index (χ1) is 7.97. The van der Waals surface area contributed by atoms with Crippen LogP contribution in [-0.4, -0.2) is 34.3 Å². The third-order valence-corrected chi connectivity index (χ3v) is 2.14. The van der Waals surface area contributed by atoms with E-state index in [0.29, 0.717) is 0 Å². The fraction of sp³-hybridized carbons (Fsp3) is 0.222. The number of hydrogen-bond donors (Lipinski definition) is 0. The summed E-state index contributed by atoms with van der Waals surface area (Å²) in [7, 11) is 1.36. The maximum absolute atomic E-state index is 11.8. The molecule has 88 valence electrons. The van der Waals surface area contributed by atoms with Crippen LogP contribution in [0.15, 0.2) is 12.3 Å².